The maximum Gasteiger partial charge on any atom is 0.273 e. The number of carbonyl (C=O) groups excluding carboxylic acids is 2. The SMILES string of the molecule is Cc1nc(C(=O)N2CCCn3cnc(C(=O)NCC(C)(C)C)c3C2)cs1. The molecule has 26 heavy (non-hydrogen) atoms. The van der Waals surface area contributed by atoms with Gasteiger partial charge in [-0.15, -0.1) is 11.3 Å². The van der Waals surface area contributed by atoms with Gasteiger partial charge in [0.1, 0.15) is 5.69 Å². The number of aromatic nitrogens is 3. The third kappa shape index (κ3) is 4.12. The molecular weight excluding hydrogens is 350 g/mol. The third-order valence-electron chi connectivity index (χ3n) is 4.23. The monoisotopic (exact) mass is 375 g/mol. The van der Waals surface area contributed by atoms with E-state index in [1.165, 1.54) is 11.3 Å². The van der Waals surface area contributed by atoms with Crippen LogP contribution < -0.4 is 5.32 Å². The minimum Gasteiger partial charge on any atom is -0.350 e. The molecule has 0 spiro atoms. The van der Waals surface area contributed by atoms with Crippen molar-refractivity contribution in [2.75, 3.05) is 13.1 Å². The van der Waals surface area contributed by atoms with Gasteiger partial charge in [-0.3, -0.25) is 9.59 Å². The molecule has 0 atom stereocenters. The molecule has 1 aliphatic rings. The molecule has 8 heteroatoms. The Morgan fingerprint density at radius 3 is 2.73 bits per heavy atom. The van der Waals surface area contributed by atoms with Gasteiger partial charge in [-0.05, 0) is 18.8 Å². The summed E-state index contributed by atoms with van der Waals surface area (Å²) in [6.07, 6.45) is 2.52. The van der Waals surface area contributed by atoms with Gasteiger partial charge in [0.2, 0.25) is 0 Å². The molecule has 0 saturated carbocycles. The molecule has 3 rings (SSSR count). The highest BCUT2D eigenvalue weighted by Gasteiger charge is 2.27. The summed E-state index contributed by atoms with van der Waals surface area (Å²) < 4.78 is 1.98. The van der Waals surface area contributed by atoms with Crippen LogP contribution in [0.1, 0.15) is 58.9 Å². The summed E-state index contributed by atoms with van der Waals surface area (Å²) in [6.45, 7) is 10.4. The molecule has 0 aliphatic carbocycles. The average molecular weight is 375 g/mol. The average Bonchev–Trinajstić information content (AvgIpc) is 3.11. The van der Waals surface area contributed by atoms with E-state index in [0.717, 1.165) is 23.7 Å². The predicted molar refractivity (Wildman–Crippen MR) is 100 cm³/mol. The molecule has 1 N–H and O–H groups in total. The number of thiazole rings is 1. The molecule has 1 aliphatic heterocycles. The molecule has 3 heterocycles. The Balaban J connectivity index is 1.79. The number of fused-ring (bicyclic) bond motifs is 1. The largest absolute Gasteiger partial charge is 0.350 e. The first kappa shape index (κ1) is 18.6. The van der Waals surface area contributed by atoms with E-state index in [1.54, 1.807) is 16.6 Å². The first-order chi connectivity index (χ1) is 12.2. The van der Waals surface area contributed by atoms with E-state index < -0.39 is 0 Å². The summed E-state index contributed by atoms with van der Waals surface area (Å²) in [5, 5.41) is 5.61. The molecular formula is C18H25N5O2S. The van der Waals surface area contributed by atoms with Crippen molar-refractivity contribution in [3.8, 4) is 0 Å². The lowest BCUT2D eigenvalue weighted by molar-refractivity contribution is 0.0737. The van der Waals surface area contributed by atoms with E-state index in [0.29, 0.717) is 31.0 Å². The normalized spacial score (nSPS) is 14.7. The number of amides is 2. The van der Waals surface area contributed by atoms with Crippen molar-refractivity contribution >= 4 is 23.2 Å². The molecule has 2 aromatic rings. The number of rotatable bonds is 3. The first-order valence-electron chi connectivity index (χ1n) is 8.78. The molecule has 0 radical (unpaired) electrons. The molecule has 0 fully saturated rings. The predicted octanol–water partition coefficient (Wildman–Crippen LogP) is 2.47. The number of carbonyl (C=O) groups is 2. The summed E-state index contributed by atoms with van der Waals surface area (Å²) >= 11 is 1.47. The second kappa shape index (κ2) is 7.19. The van der Waals surface area contributed by atoms with Crippen LogP contribution in [0.15, 0.2) is 11.7 Å². The topological polar surface area (TPSA) is 80.1 Å². The maximum absolute atomic E-state index is 12.8. The third-order valence-corrected chi connectivity index (χ3v) is 5.01. The Labute approximate surface area is 157 Å². The van der Waals surface area contributed by atoms with Gasteiger partial charge in [0.25, 0.3) is 11.8 Å². The van der Waals surface area contributed by atoms with Gasteiger partial charge >= 0.3 is 0 Å². The van der Waals surface area contributed by atoms with E-state index in [-0.39, 0.29) is 17.2 Å². The Hall–Kier alpha value is -2.22. The number of imidazole rings is 1. The van der Waals surface area contributed by atoms with Crippen molar-refractivity contribution in [3.63, 3.8) is 0 Å². The molecule has 0 aromatic carbocycles. The summed E-state index contributed by atoms with van der Waals surface area (Å²) in [7, 11) is 0. The smallest absolute Gasteiger partial charge is 0.273 e. The Morgan fingerprint density at radius 1 is 1.31 bits per heavy atom. The van der Waals surface area contributed by atoms with E-state index in [9.17, 15) is 9.59 Å². The van der Waals surface area contributed by atoms with Crippen molar-refractivity contribution in [2.45, 2.75) is 47.2 Å². The molecule has 0 saturated heterocycles. The lowest BCUT2D eigenvalue weighted by Gasteiger charge is -2.20. The highest BCUT2D eigenvalue weighted by Crippen LogP contribution is 2.20. The summed E-state index contributed by atoms with van der Waals surface area (Å²) in [5.41, 5.74) is 1.66. The number of hydrogen-bond donors (Lipinski definition) is 1. The summed E-state index contributed by atoms with van der Waals surface area (Å²) in [4.78, 5) is 35.7. The standard InChI is InChI=1S/C18H25N5O2S/c1-12-21-13(9-26-12)17(25)22-6-5-7-23-11-20-15(14(23)8-22)16(24)19-10-18(2,3)4/h9,11H,5-8,10H2,1-4H3,(H,19,24). The molecule has 0 bridgehead atoms. The van der Waals surface area contributed by atoms with Crippen molar-refractivity contribution in [1.82, 2.24) is 24.8 Å². The minimum absolute atomic E-state index is 0.00315. The first-order valence-corrected chi connectivity index (χ1v) is 9.66. The molecule has 2 amide bonds. The lowest BCUT2D eigenvalue weighted by atomic mass is 9.97. The van der Waals surface area contributed by atoms with Crippen LogP contribution in [0.4, 0.5) is 0 Å². The van der Waals surface area contributed by atoms with Crippen molar-refractivity contribution < 1.29 is 9.59 Å². The summed E-state index contributed by atoms with van der Waals surface area (Å²) in [6, 6.07) is 0. The van der Waals surface area contributed by atoms with Gasteiger partial charge in [-0.1, -0.05) is 20.8 Å². The molecule has 140 valence electrons. The van der Waals surface area contributed by atoms with Crippen LogP contribution in [0.2, 0.25) is 0 Å². The fraction of sp³-hybridized carbons (Fsp3) is 0.556. The van der Waals surface area contributed by atoms with Crippen molar-refractivity contribution in [1.29, 1.82) is 0 Å². The minimum atomic E-state index is -0.188. The van der Waals surface area contributed by atoms with E-state index in [1.807, 2.05) is 11.5 Å². The van der Waals surface area contributed by atoms with E-state index in [2.05, 4.69) is 36.1 Å². The Bertz CT molecular complexity index is 818. The number of hydrogen-bond acceptors (Lipinski definition) is 5. The fourth-order valence-electron chi connectivity index (χ4n) is 2.87. The maximum atomic E-state index is 12.8. The number of nitrogens with zero attached hydrogens (tertiary/aromatic N) is 4. The number of aryl methyl sites for hydroxylation is 2. The highest BCUT2D eigenvalue weighted by atomic mass is 32.1. The zero-order chi connectivity index (χ0) is 18.9. The van der Waals surface area contributed by atoms with E-state index >= 15 is 0 Å². The second-order valence-electron chi connectivity index (χ2n) is 7.81. The number of nitrogens with one attached hydrogen (secondary N) is 1. The van der Waals surface area contributed by atoms with Crippen LogP contribution in [0.5, 0.6) is 0 Å². The molecule has 2 aromatic heterocycles. The van der Waals surface area contributed by atoms with Crippen molar-refractivity contribution in [3.05, 3.63) is 33.8 Å². The van der Waals surface area contributed by atoms with Gasteiger partial charge < -0.3 is 14.8 Å². The molecule has 7 nitrogen and oxygen atoms in total. The van der Waals surface area contributed by atoms with Crippen LogP contribution >= 0.6 is 11.3 Å². The highest BCUT2D eigenvalue weighted by molar-refractivity contribution is 7.09. The Morgan fingerprint density at radius 2 is 2.08 bits per heavy atom. The van der Waals surface area contributed by atoms with Crippen LogP contribution in [0.3, 0.4) is 0 Å². The van der Waals surface area contributed by atoms with Crippen molar-refractivity contribution in [2.24, 2.45) is 5.41 Å². The van der Waals surface area contributed by atoms with Crippen LogP contribution in [0.25, 0.3) is 0 Å². The quantitative estimate of drug-likeness (QED) is 0.894. The van der Waals surface area contributed by atoms with Gasteiger partial charge in [-0.25, -0.2) is 9.97 Å². The van der Waals surface area contributed by atoms with Crippen LogP contribution in [0, 0.1) is 12.3 Å². The van der Waals surface area contributed by atoms with Crippen LogP contribution in [-0.2, 0) is 13.1 Å². The van der Waals surface area contributed by atoms with Gasteiger partial charge in [-0.2, -0.15) is 0 Å². The van der Waals surface area contributed by atoms with Crippen LogP contribution in [-0.4, -0.2) is 44.3 Å². The van der Waals surface area contributed by atoms with Gasteiger partial charge in [0.15, 0.2) is 5.69 Å². The lowest BCUT2D eigenvalue weighted by Crippen LogP contribution is -2.34. The fourth-order valence-corrected chi connectivity index (χ4v) is 3.46. The van der Waals surface area contributed by atoms with Gasteiger partial charge in [0.05, 0.1) is 23.6 Å². The van der Waals surface area contributed by atoms with E-state index in [4.69, 9.17) is 0 Å². The zero-order valence-corrected chi connectivity index (χ0v) is 16.5. The van der Waals surface area contributed by atoms with Gasteiger partial charge in [0, 0.05) is 25.0 Å². The summed E-state index contributed by atoms with van der Waals surface area (Å²) in [5.74, 6) is -0.280. The second-order valence-corrected chi connectivity index (χ2v) is 8.87. The molecule has 0 unspecified atom stereocenters. The Kier molecular flexibility index (Phi) is 5.13. The zero-order valence-electron chi connectivity index (χ0n) is 15.7.